The lowest BCUT2D eigenvalue weighted by Crippen LogP contribution is -2.43. The van der Waals surface area contributed by atoms with E-state index >= 15 is 0 Å². The van der Waals surface area contributed by atoms with Crippen LogP contribution in [0, 0.1) is 5.92 Å². The molecular formula is C26H32F3N5O2S. The van der Waals surface area contributed by atoms with Gasteiger partial charge in [0.25, 0.3) is 0 Å². The van der Waals surface area contributed by atoms with Crippen LogP contribution in [0.25, 0.3) is 11.0 Å². The van der Waals surface area contributed by atoms with Gasteiger partial charge in [-0.05, 0) is 93.9 Å². The summed E-state index contributed by atoms with van der Waals surface area (Å²) in [6.45, 7) is 7.13. The van der Waals surface area contributed by atoms with Crippen LogP contribution in [-0.4, -0.2) is 41.4 Å². The van der Waals surface area contributed by atoms with Crippen molar-refractivity contribution < 1.29 is 22.7 Å². The number of imidazole rings is 1. The molecule has 2 amide bonds. The zero-order valence-corrected chi connectivity index (χ0v) is 22.2. The molecule has 11 heteroatoms. The third-order valence-electron chi connectivity index (χ3n) is 5.97. The minimum atomic E-state index is -4.54. The highest BCUT2D eigenvalue weighted by Crippen LogP contribution is 2.35. The van der Waals surface area contributed by atoms with Crippen molar-refractivity contribution in [1.82, 2.24) is 14.9 Å². The van der Waals surface area contributed by atoms with Gasteiger partial charge >= 0.3 is 12.2 Å². The van der Waals surface area contributed by atoms with E-state index in [2.05, 4.69) is 15.6 Å². The van der Waals surface area contributed by atoms with E-state index < -0.39 is 12.0 Å². The molecule has 0 spiro atoms. The minimum Gasteiger partial charge on any atom is -0.381 e. The fourth-order valence-electron chi connectivity index (χ4n) is 4.22. The predicted molar refractivity (Wildman–Crippen MR) is 141 cm³/mol. The first-order valence-electron chi connectivity index (χ1n) is 12.2. The van der Waals surface area contributed by atoms with Crippen molar-refractivity contribution in [2.45, 2.75) is 56.8 Å². The molecule has 1 aliphatic rings. The first kappa shape index (κ1) is 27.1. The van der Waals surface area contributed by atoms with Crippen molar-refractivity contribution >= 4 is 40.4 Å². The summed E-state index contributed by atoms with van der Waals surface area (Å²) in [6, 6.07) is 12.3. The molecule has 0 radical (unpaired) electrons. The van der Waals surface area contributed by atoms with Gasteiger partial charge in [0.15, 0.2) is 0 Å². The number of halogens is 3. The number of anilines is 2. The Bertz CT molecular complexity index is 1230. The van der Waals surface area contributed by atoms with Gasteiger partial charge in [0.1, 0.15) is 0 Å². The van der Waals surface area contributed by atoms with Gasteiger partial charge in [-0.2, -0.15) is 13.2 Å². The Kier molecular flexibility index (Phi) is 7.94. The lowest BCUT2D eigenvalue weighted by atomic mass is 10.0. The quantitative estimate of drug-likeness (QED) is 0.351. The van der Waals surface area contributed by atoms with Crippen LogP contribution in [0.5, 0.6) is 0 Å². The van der Waals surface area contributed by atoms with Gasteiger partial charge in [0.05, 0.1) is 11.0 Å². The lowest BCUT2D eigenvalue weighted by molar-refractivity contribution is -0.147. The van der Waals surface area contributed by atoms with Crippen LogP contribution < -0.4 is 14.9 Å². The predicted octanol–water partition coefficient (Wildman–Crippen LogP) is 6.55. The summed E-state index contributed by atoms with van der Waals surface area (Å²) >= 11 is 1.42. The second-order valence-electron chi connectivity index (χ2n) is 10.2. The van der Waals surface area contributed by atoms with Crippen molar-refractivity contribution in [3.8, 4) is 0 Å². The summed E-state index contributed by atoms with van der Waals surface area (Å²) in [5, 5.41) is 5.64. The molecule has 1 saturated heterocycles. The van der Waals surface area contributed by atoms with E-state index in [9.17, 15) is 18.0 Å². The Hall–Kier alpha value is -2.92. The van der Waals surface area contributed by atoms with Gasteiger partial charge in [-0.25, -0.2) is 9.78 Å². The number of benzene rings is 2. The summed E-state index contributed by atoms with van der Waals surface area (Å²) in [7, 11) is 1.85. The zero-order chi connectivity index (χ0) is 26.8. The van der Waals surface area contributed by atoms with E-state index in [0.29, 0.717) is 29.9 Å². The van der Waals surface area contributed by atoms with Crippen LogP contribution >= 0.6 is 11.9 Å². The van der Waals surface area contributed by atoms with Crippen LogP contribution in [0.1, 0.15) is 39.4 Å². The first-order valence-corrected chi connectivity index (χ1v) is 12.9. The number of nitrogens with zero attached hydrogens (tertiary/aromatic N) is 3. The largest absolute Gasteiger partial charge is 0.449 e. The number of hydrogen-bond donors (Lipinski definition) is 2. The van der Waals surface area contributed by atoms with Gasteiger partial charge in [-0.3, -0.25) is 0 Å². The standard InChI is InChI=1S/C26H32F3N5O2S/c1-25(2,3)32-24(35)30-18-5-8-20(9-6-18)37-33(4)19-7-10-22-21(15-19)31-23(26(27,28)29)34(22)16-17-11-13-36-14-12-17/h5-10,15,17H,11-14,16H2,1-4H3,(H2,30,32,35). The molecular weight excluding hydrogens is 503 g/mol. The van der Waals surface area contributed by atoms with Gasteiger partial charge in [0.2, 0.25) is 5.82 Å². The second-order valence-corrected chi connectivity index (χ2v) is 11.4. The number of urea groups is 1. The number of alkyl halides is 3. The van der Waals surface area contributed by atoms with Crippen molar-refractivity contribution in [3.63, 3.8) is 0 Å². The fraction of sp³-hybridized carbons (Fsp3) is 0.462. The van der Waals surface area contributed by atoms with Gasteiger partial charge in [-0.15, -0.1) is 0 Å². The molecule has 0 saturated carbocycles. The van der Waals surface area contributed by atoms with E-state index in [0.717, 1.165) is 23.4 Å². The van der Waals surface area contributed by atoms with Crippen LogP contribution in [-0.2, 0) is 17.5 Å². The number of rotatable bonds is 6. The highest BCUT2D eigenvalue weighted by atomic mass is 32.2. The maximum absolute atomic E-state index is 13.8. The molecule has 4 rings (SSSR count). The first-order chi connectivity index (χ1) is 17.4. The number of ether oxygens (including phenoxy) is 1. The summed E-state index contributed by atoms with van der Waals surface area (Å²) in [4.78, 5) is 17.0. The maximum atomic E-state index is 13.8. The average Bonchev–Trinajstić information content (AvgIpc) is 3.18. The summed E-state index contributed by atoms with van der Waals surface area (Å²) < 4.78 is 50.0. The molecule has 1 aromatic heterocycles. The molecule has 2 heterocycles. The number of carbonyl (C=O) groups is 1. The summed E-state index contributed by atoms with van der Waals surface area (Å²) in [5.74, 6) is -0.734. The molecule has 0 unspecified atom stereocenters. The van der Waals surface area contributed by atoms with E-state index in [-0.39, 0.29) is 24.0 Å². The smallest absolute Gasteiger partial charge is 0.381 e. The second kappa shape index (κ2) is 10.8. The van der Waals surface area contributed by atoms with Crippen molar-refractivity contribution in [2.75, 3.05) is 29.9 Å². The van der Waals surface area contributed by atoms with E-state index in [1.807, 2.05) is 50.3 Å². The van der Waals surface area contributed by atoms with Gasteiger partial charge < -0.3 is 24.2 Å². The number of nitrogens with one attached hydrogen (secondary N) is 2. The third-order valence-corrected chi connectivity index (χ3v) is 6.94. The molecule has 3 aromatic rings. The summed E-state index contributed by atoms with van der Waals surface area (Å²) in [5.41, 5.74) is 1.84. The third kappa shape index (κ3) is 7.10. The Morgan fingerprint density at radius 1 is 1.14 bits per heavy atom. The Morgan fingerprint density at radius 3 is 2.43 bits per heavy atom. The Balaban J connectivity index is 1.48. The topological polar surface area (TPSA) is 71.4 Å². The molecule has 1 fully saturated rings. The SMILES string of the molecule is CN(Sc1ccc(NC(=O)NC(C)(C)C)cc1)c1ccc2c(c1)nc(C(F)(F)F)n2CC1CCOCC1. The Morgan fingerprint density at radius 2 is 1.81 bits per heavy atom. The molecule has 0 bridgehead atoms. The monoisotopic (exact) mass is 535 g/mol. The normalized spacial score (nSPS) is 15.1. The van der Waals surface area contributed by atoms with Crippen molar-refractivity contribution in [3.05, 3.63) is 48.3 Å². The molecule has 2 N–H and O–H groups in total. The molecule has 1 aliphatic heterocycles. The zero-order valence-electron chi connectivity index (χ0n) is 21.4. The molecule has 7 nitrogen and oxygen atoms in total. The highest BCUT2D eigenvalue weighted by Gasteiger charge is 2.38. The average molecular weight is 536 g/mol. The van der Waals surface area contributed by atoms with Crippen molar-refractivity contribution in [2.24, 2.45) is 5.92 Å². The number of carbonyl (C=O) groups excluding carboxylic acids is 1. The van der Waals surface area contributed by atoms with Gasteiger partial charge in [0, 0.05) is 48.6 Å². The lowest BCUT2D eigenvalue weighted by Gasteiger charge is -2.24. The number of hydrogen-bond acceptors (Lipinski definition) is 5. The highest BCUT2D eigenvalue weighted by molar-refractivity contribution is 8.00. The van der Waals surface area contributed by atoms with Crippen LogP contribution in [0.4, 0.5) is 29.3 Å². The molecule has 0 atom stereocenters. The van der Waals surface area contributed by atoms with Crippen LogP contribution in [0.15, 0.2) is 47.4 Å². The minimum absolute atomic E-state index is 0.127. The fourth-order valence-corrected chi connectivity index (χ4v) is 5.01. The number of aromatic nitrogens is 2. The van der Waals surface area contributed by atoms with Crippen molar-refractivity contribution in [1.29, 1.82) is 0 Å². The van der Waals surface area contributed by atoms with E-state index in [1.165, 1.54) is 16.5 Å². The summed E-state index contributed by atoms with van der Waals surface area (Å²) in [6.07, 6.45) is -3.06. The van der Waals surface area contributed by atoms with Crippen LogP contribution in [0.2, 0.25) is 0 Å². The van der Waals surface area contributed by atoms with Crippen LogP contribution in [0.3, 0.4) is 0 Å². The molecule has 2 aromatic carbocycles. The van der Waals surface area contributed by atoms with E-state index in [1.54, 1.807) is 24.3 Å². The maximum Gasteiger partial charge on any atom is 0.449 e. The molecule has 37 heavy (non-hydrogen) atoms. The number of fused-ring (bicyclic) bond motifs is 1. The molecule has 0 aliphatic carbocycles. The Labute approximate surface area is 218 Å². The van der Waals surface area contributed by atoms with Gasteiger partial charge in [-0.1, -0.05) is 0 Å². The molecule has 200 valence electrons. The van der Waals surface area contributed by atoms with E-state index in [4.69, 9.17) is 4.74 Å². The number of amides is 2.